The van der Waals surface area contributed by atoms with Gasteiger partial charge >= 0.3 is 5.97 Å². The molecule has 0 bridgehead atoms. The SMILES string of the molecule is CCOC(=O)c1cnc2c(-c3ccccc3)c(=O)[nH]n2c1C. The summed E-state index contributed by atoms with van der Waals surface area (Å²) < 4.78 is 6.52. The molecule has 0 aliphatic rings. The van der Waals surface area contributed by atoms with Crippen LogP contribution in [0.15, 0.2) is 41.3 Å². The van der Waals surface area contributed by atoms with E-state index in [-0.39, 0.29) is 12.2 Å². The number of carbonyl (C=O) groups is 1. The first-order valence-corrected chi connectivity index (χ1v) is 6.96. The van der Waals surface area contributed by atoms with E-state index in [0.29, 0.717) is 22.5 Å². The lowest BCUT2D eigenvalue weighted by atomic mass is 10.1. The van der Waals surface area contributed by atoms with E-state index in [4.69, 9.17) is 4.74 Å². The number of nitrogens with one attached hydrogen (secondary N) is 1. The van der Waals surface area contributed by atoms with Crippen LogP contribution in [0.4, 0.5) is 0 Å². The van der Waals surface area contributed by atoms with Crippen LogP contribution >= 0.6 is 0 Å². The number of fused-ring (bicyclic) bond motifs is 1. The maximum atomic E-state index is 12.3. The van der Waals surface area contributed by atoms with Crippen LogP contribution in [-0.4, -0.2) is 27.2 Å². The van der Waals surface area contributed by atoms with Gasteiger partial charge in [-0.15, -0.1) is 0 Å². The summed E-state index contributed by atoms with van der Waals surface area (Å²) in [5.41, 5.74) is 2.42. The summed E-state index contributed by atoms with van der Waals surface area (Å²) in [6.07, 6.45) is 1.45. The molecule has 0 fully saturated rings. The van der Waals surface area contributed by atoms with Crippen LogP contribution < -0.4 is 5.56 Å². The summed E-state index contributed by atoms with van der Waals surface area (Å²) in [5.74, 6) is -0.454. The van der Waals surface area contributed by atoms with E-state index in [0.717, 1.165) is 5.56 Å². The molecule has 0 atom stereocenters. The van der Waals surface area contributed by atoms with Crippen LogP contribution in [-0.2, 0) is 4.74 Å². The molecule has 0 spiro atoms. The van der Waals surface area contributed by atoms with Crippen molar-refractivity contribution in [3.8, 4) is 11.1 Å². The van der Waals surface area contributed by atoms with Crippen molar-refractivity contribution < 1.29 is 9.53 Å². The van der Waals surface area contributed by atoms with Crippen molar-refractivity contribution in [2.75, 3.05) is 6.61 Å². The highest BCUT2D eigenvalue weighted by molar-refractivity contribution is 5.91. The Kier molecular flexibility index (Phi) is 3.50. The number of aryl methyl sites for hydroxylation is 1. The number of esters is 1. The molecule has 1 aromatic carbocycles. The highest BCUT2D eigenvalue weighted by atomic mass is 16.5. The van der Waals surface area contributed by atoms with Gasteiger partial charge in [-0.3, -0.25) is 9.89 Å². The standard InChI is InChI=1S/C16H15N3O3/c1-3-22-16(21)12-9-17-14-13(11-7-5-4-6-8-11)15(20)18-19(14)10(12)2/h4-9H,3H2,1-2H3,(H,18,20). The van der Waals surface area contributed by atoms with Gasteiger partial charge < -0.3 is 4.74 Å². The van der Waals surface area contributed by atoms with Crippen molar-refractivity contribution in [1.82, 2.24) is 14.6 Å². The summed E-state index contributed by atoms with van der Waals surface area (Å²) >= 11 is 0. The highest BCUT2D eigenvalue weighted by Crippen LogP contribution is 2.21. The molecule has 0 radical (unpaired) electrons. The van der Waals surface area contributed by atoms with Gasteiger partial charge in [0, 0.05) is 6.20 Å². The third-order valence-electron chi connectivity index (χ3n) is 3.47. The fraction of sp³-hybridized carbons (Fsp3) is 0.188. The molecule has 22 heavy (non-hydrogen) atoms. The zero-order valence-corrected chi connectivity index (χ0v) is 12.3. The van der Waals surface area contributed by atoms with Gasteiger partial charge in [0.05, 0.1) is 23.4 Å². The van der Waals surface area contributed by atoms with Crippen LogP contribution in [0.25, 0.3) is 16.8 Å². The van der Waals surface area contributed by atoms with E-state index in [1.807, 2.05) is 30.3 Å². The molecule has 2 heterocycles. The number of carbonyl (C=O) groups excluding carboxylic acids is 1. The molecule has 6 nitrogen and oxygen atoms in total. The molecule has 0 amide bonds. The maximum Gasteiger partial charge on any atom is 0.341 e. The Balaban J connectivity index is 2.23. The van der Waals surface area contributed by atoms with E-state index in [1.54, 1.807) is 13.8 Å². The molecule has 1 N–H and O–H groups in total. The van der Waals surface area contributed by atoms with Crippen LogP contribution in [0.2, 0.25) is 0 Å². The van der Waals surface area contributed by atoms with Crippen LogP contribution in [0.5, 0.6) is 0 Å². The third-order valence-corrected chi connectivity index (χ3v) is 3.47. The quantitative estimate of drug-likeness (QED) is 0.752. The number of hydrogen-bond donors (Lipinski definition) is 1. The van der Waals surface area contributed by atoms with E-state index in [2.05, 4.69) is 10.1 Å². The normalized spacial score (nSPS) is 10.8. The second-order valence-electron chi connectivity index (χ2n) is 4.82. The lowest BCUT2D eigenvalue weighted by Gasteiger charge is -2.07. The van der Waals surface area contributed by atoms with Gasteiger partial charge in [-0.05, 0) is 19.4 Å². The Labute approximate surface area is 126 Å². The number of rotatable bonds is 3. The van der Waals surface area contributed by atoms with Crippen LogP contribution in [0, 0.1) is 6.92 Å². The molecule has 0 saturated carbocycles. The topological polar surface area (TPSA) is 76.5 Å². The summed E-state index contributed by atoms with van der Waals surface area (Å²) in [7, 11) is 0. The van der Waals surface area contributed by atoms with Gasteiger partial charge in [-0.1, -0.05) is 30.3 Å². The predicted octanol–water partition coefficient (Wildman–Crippen LogP) is 2.17. The van der Waals surface area contributed by atoms with Crippen LogP contribution in [0.1, 0.15) is 23.0 Å². The molecule has 0 unspecified atom stereocenters. The van der Waals surface area contributed by atoms with E-state index >= 15 is 0 Å². The Morgan fingerprint density at radius 2 is 2.05 bits per heavy atom. The minimum atomic E-state index is -0.454. The largest absolute Gasteiger partial charge is 0.462 e. The zero-order valence-electron chi connectivity index (χ0n) is 12.3. The minimum Gasteiger partial charge on any atom is -0.462 e. The second kappa shape index (κ2) is 5.48. The van der Waals surface area contributed by atoms with Crippen molar-refractivity contribution >= 4 is 11.6 Å². The average Bonchev–Trinajstić information content (AvgIpc) is 2.86. The molecule has 2 aromatic heterocycles. The molecule has 0 saturated heterocycles. The Bertz CT molecular complexity index is 894. The Morgan fingerprint density at radius 3 is 2.73 bits per heavy atom. The summed E-state index contributed by atoms with van der Waals surface area (Å²) in [5, 5.41) is 2.72. The first-order valence-electron chi connectivity index (χ1n) is 6.96. The minimum absolute atomic E-state index is 0.247. The molecular weight excluding hydrogens is 282 g/mol. The van der Waals surface area contributed by atoms with Crippen molar-refractivity contribution in [2.24, 2.45) is 0 Å². The summed E-state index contributed by atoms with van der Waals surface area (Å²) in [4.78, 5) is 28.4. The van der Waals surface area contributed by atoms with Crippen molar-refractivity contribution in [1.29, 1.82) is 0 Å². The highest BCUT2D eigenvalue weighted by Gasteiger charge is 2.18. The Morgan fingerprint density at radius 1 is 1.32 bits per heavy atom. The monoisotopic (exact) mass is 297 g/mol. The van der Waals surface area contributed by atoms with Crippen LogP contribution in [0.3, 0.4) is 0 Å². The first kappa shape index (κ1) is 14.1. The lowest BCUT2D eigenvalue weighted by molar-refractivity contribution is 0.0524. The molecule has 0 aliphatic carbocycles. The van der Waals surface area contributed by atoms with Crippen molar-refractivity contribution in [3.63, 3.8) is 0 Å². The van der Waals surface area contributed by atoms with E-state index < -0.39 is 5.97 Å². The smallest absolute Gasteiger partial charge is 0.341 e. The van der Waals surface area contributed by atoms with Crippen molar-refractivity contribution in [2.45, 2.75) is 13.8 Å². The lowest BCUT2D eigenvalue weighted by Crippen LogP contribution is -2.11. The fourth-order valence-electron chi connectivity index (χ4n) is 2.40. The predicted molar refractivity (Wildman–Crippen MR) is 81.9 cm³/mol. The summed E-state index contributed by atoms with van der Waals surface area (Å²) in [6, 6.07) is 9.30. The first-order chi connectivity index (χ1) is 10.6. The number of ether oxygens (including phenoxy) is 1. The number of nitrogens with zero attached hydrogens (tertiary/aromatic N) is 2. The third kappa shape index (κ3) is 2.18. The number of aromatic nitrogens is 3. The van der Waals surface area contributed by atoms with Gasteiger partial charge in [0.25, 0.3) is 5.56 Å². The van der Waals surface area contributed by atoms with Gasteiger partial charge in [0.2, 0.25) is 0 Å². The number of aromatic amines is 1. The molecule has 3 aromatic rings. The van der Waals surface area contributed by atoms with Gasteiger partial charge in [0.1, 0.15) is 0 Å². The van der Waals surface area contributed by atoms with Gasteiger partial charge in [-0.2, -0.15) is 0 Å². The number of H-pyrrole nitrogens is 1. The van der Waals surface area contributed by atoms with Crippen molar-refractivity contribution in [3.05, 3.63) is 58.1 Å². The fourth-order valence-corrected chi connectivity index (χ4v) is 2.40. The van der Waals surface area contributed by atoms with E-state index in [9.17, 15) is 9.59 Å². The summed E-state index contributed by atoms with van der Waals surface area (Å²) in [6.45, 7) is 3.77. The van der Waals surface area contributed by atoms with Gasteiger partial charge in [-0.25, -0.2) is 14.3 Å². The number of benzene rings is 1. The molecular formula is C16H15N3O3. The maximum absolute atomic E-state index is 12.3. The Hall–Kier alpha value is -2.89. The molecule has 0 aliphatic heterocycles. The van der Waals surface area contributed by atoms with Gasteiger partial charge in [0.15, 0.2) is 5.65 Å². The average molecular weight is 297 g/mol. The zero-order chi connectivity index (χ0) is 15.7. The number of hydrogen-bond acceptors (Lipinski definition) is 4. The second-order valence-corrected chi connectivity index (χ2v) is 4.82. The molecule has 3 rings (SSSR count). The molecule has 112 valence electrons. The molecule has 6 heteroatoms. The van der Waals surface area contributed by atoms with E-state index in [1.165, 1.54) is 10.7 Å².